The van der Waals surface area contributed by atoms with Crippen LogP contribution < -0.4 is 5.32 Å². The molecule has 0 bridgehead atoms. The maximum absolute atomic E-state index is 2.46. The zero-order valence-electron chi connectivity index (χ0n) is 8.31. The molecule has 0 saturated carbocycles. The van der Waals surface area contributed by atoms with Crippen LogP contribution in [0, 0.1) is 0 Å². The van der Waals surface area contributed by atoms with Gasteiger partial charge in [0.15, 0.2) is 0 Å². The normalized spacial score (nSPS) is 17.6. The summed E-state index contributed by atoms with van der Waals surface area (Å²) >= 11 is 0. The van der Waals surface area contributed by atoms with E-state index in [-0.39, 0.29) is 0 Å². The number of quaternary nitrogens is 1. The van der Waals surface area contributed by atoms with Gasteiger partial charge in [0.1, 0.15) is 0 Å². The molecule has 12 heavy (non-hydrogen) atoms. The van der Waals surface area contributed by atoms with Crippen LogP contribution >= 0.6 is 0 Å². The Morgan fingerprint density at radius 3 is 2.92 bits per heavy atom. The molecule has 0 saturated heterocycles. The van der Waals surface area contributed by atoms with Crippen molar-refractivity contribution >= 4 is 0 Å². The molecule has 1 aliphatic rings. The molecule has 0 aromatic carbocycles. The lowest BCUT2D eigenvalue weighted by atomic mass is 9.97. The average Bonchev–Trinajstić information content (AvgIpc) is 2.14. The molecule has 1 nitrogen and oxygen atoms in total. The first kappa shape index (κ1) is 9.79. The summed E-state index contributed by atoms with van der Waals surface area (Å²) in [5, 5.41) is 2.44. The van der Waals surface area contributed by atoms with Crippen molar-refractivity contribution < 1.29 is 5.32 Å². The van der Waals surface area contributed by atoms with Crippen molar-refractivity contribution in [1.29, 1.82) is 0 Å². The quantitative estimate of drug-likeness (QED) is 0.476. The molecule has 0 atom stereocenters. The molecule has 0 unspecified atom stereocenters. The Labute approximate surface area is 76.2 Å². The molecule has 1 heteroatoms. The van der Waals surface area contributed by atoms with E-state index in [1.807, 2.05) is 0 Å². The van der Waals surface area contributed by atoms with Crippen molar-refractivity contribution in [2.24, 2.45) is 0 Å². The van der Waals surface area contributed by atoms with E-state index in [1.165, 1.54) is 51.6 Å². The third-order valence-electron chi connectivity index (χ3n) is 2.55. The SMILES string of the molecule is CCC[NH2+]CCC1=CCCCC1. The smallest absolute Gasteiger partial charge is 0.0793 e. The van der Waals surface area contributed by atoms with Crippen molar-refractivity contribution in [3.63, 3.8) is 0 Å². The van der Waals surface area contributed by atoms with E-state index < -0.39 is 0 Å². The van der Waals surface area contributed by atoms with E-state index in [0.29, 0.717) is 0 Å². The Morgan fingerprint density at radius 2 is 2.25 bits per heavy atom. The predicted octanol–water partition coefficient (Wildman–Crippen LogP) is 1.85. The maximum atomic E-state index is 2.46. The van der Waals surface area contributed by atoms with Crippen molar-refractivity contribution in [2.75, 3.05) is 13.1 Å². The van der Waals surface area contributed by atoms with E-state index in [2.05, 4.69) is 18.3 Å². The molecule has 0 heterocycles. The van der Waals surface area contributed by atoms with Crippen LogP contribution in [0.5, 0.6) is 0 Å². The molecule has 0 radical (unpaired) electrons. The lowest BCUT2D eigenvalue weighted by molar-refractivity contribution is -0.654. The molecular weight excluding hydrogens is 146 g/mol. The van der Waals surface area contributed by atoms with Gasteiger partial charge in [-0.15, -0.1) is 0 Å². The minimum absolute atomic E-state index is 1.30. The highest BCUT2D eigenvalue weighted by molar-refractivity contribution is 5.04. The van der Waals surface area contributed by atoms with E-state index in [0.717, 1.165) is 0 Å². The van der Waals surface area contributed by atoms with Crippen LogP contribution in [0.1, 0.15) is 45.4 Å². The topological polar surface area (TPSA) is 16.6 Å². The van der Waals surface area contributed by atoms with Gasteiger partial charge in [-0.25, -0.2) is 0 Å². The summed E-state index contributed by atoms with van der Waals surface area (Å²) in [5.74, 6) is 0. The highest BCUT2D eigenvalue weighted by Gasteiger charge is 2.03. The summed E-state index contributed by atoms with van der Waals surface area (Å²) in [6.07, 6.45) is 10.7. The van der Waals surface area contributed by atoms with Crippen LogP contribution in [-0.2, 0) is 0 Å². The van der Waals surface area contributed by atoms with Gasteiger partial charge in [-0.2, -0.15) is 0 Å². The Morgan fingerprint density at radius 1 is 1.33 bits per heavy atom. The first-order valence-electron chi connectivity index (χ1n) is 5.43. The zero-order valence-corrected chi connectivity index (χ0v) is 8.31. The third-order valence-corrected chi connectivity index (χ3v) is 2.55. The van der Waals surface area contributed by atoms with E-state index in [1.54, 1.807) is 5.57 Å². The first-order valence-corrected chi connectivity index (χ1v) is 5.43. The second kappa shape index (κ2) is 6.24. The molecule has 0 spiro atoms. The third kappa shape index (κ3) is 3.91. The number of hydrogen-bond donors (Lipinski definition) is 1. The molecule has 0 aliphatic heterocycles. The van der Waals surface area contributed by atoms with E-state index in [4.69, 9.17) is 0 Å². The Hall–Kier alpha value is -0.300. The van der Waals surface area contributed by atoms with Gasteiger partial charge in [-0.05, 0) is 32.1 Å². The van der Waals surface area contributed by atoms with Gasteiger partial charge < -0.3 is 5.32 Å². The molecule has 0 amide bonds. The summed E-state index contributed by atoms with van der Waals surface area (Å²) in [6, 6.07) is 0. The molecular formula is C11H22N+. The van der Waals surface area contributed by atoms with Gasteiger partial charge in [0.05, 0.1) is 13.1 Å². The summed E-state index contributed by atoms with van der Waals surface area (Å²) in [5.41, 5.74) is 1.72. The van der Waals surface area contributed by atoms with Gasteiger partial charge in [0.25, 0.3) is 0 Å². The monoisotopic (exact) mass is 168 g/mol. The summed E-state index contributed by atoms with van der Waals surface area (Å²) in [7, 11) is 0. The zero-order chi connectivity index (χ0) is 8.65. The molecule has 1 rings (SSSR count). The van der Waals surface area contributed by atoms with Gasteiger partial charge in [-0.1, -0.05) is 18.6 Å². The van der Waals surface area contributed by atoms with Crippen molar-refractivity contribution in [2.45, 2.75) is 45.4 Å². The highest BCUT2D eigenvalue weighted by Crippen LogP contribution is 2.18. The number of rotatable bonds is 5. The largest absolute Gasteiger partial charge is 0.346 e. The molecule has 2 N–H and O–H groups in total. The van der Waals surface area contributed by atoms with Crippen LogP contribution in [0.25, 0.3) is 0 Å². The van der Waals surface area contributed by atoms with Gasteiger partial charge >= 0.3 is 0 Å². The molecule has 1 aliphatic carbocycles. The Balaban J connectivity index is 2.01. The average molecular weight is 168 g/mol. The fraction of sp³-hybridized carbons (Fsp3) is 0.818. The van der Waals surface area contributed by atoms with Crippen LogP contribution in [0.4, 0.5) is 0 Å². The van der Waals surface area contributed by atoms with Gasteiger partial charge in [-0.3, -0.25) is 0 Å². The lowest BCUT2D eigenvalue weighted by Gasteiger charge is -2.11. The molecule has 70 valence electrons. The highest BCUT2D eigenvalue weighted by atomic mass is 14.8. The van der Waals surface area contributed by atoms with Crippen molar-refractivity contribution in [3.8, 4) is 0 Å². The lowest BCUT2D eigenvalue weighted by Crippen LogP contribution is -2.84. The fourth-order valence-corrected chi connectivity index (χ4v) is 1.77. The van der Waals surface area contributed by atoms with Crippen LogP contribution in [-0.4, -0.2) is 13.1 Å². The number of nitrogens with two attached hydrogens (primary N) is 1. The van der Waals surface area contributed by atoms with Gasteiger partial charge in [0.2, 0.25) is 0 Å². The standard InChI is InChI=1S/C11H21N/c1-2-9-12-10-8-11-6-4-3-5-7-11/h6,12H,2-5,7-10H2,1H3/p+1. The molecule has 0 fully saturated rings. The second-order valence-corrected chi connectivity index (χ2v) is 3.72. The minimum atomic E-state index is 1.30. The van der Waals surface area contributed by atoms with Crippen LogP contribution in [0.2, 0.25) is 0 Å². The Bertz CT molecular complexity index is 138. The van der Waals surface area contributed by atoms with Crippen LogP contribution in [0.3, 0.4) is 0 Å². The number of allylic oxidation sites excluding steroid dienone is 1. The Kier molecular flexibility index (Phi) is 5.09. The minimum Gasteiger partial charge on any atom is -0.346 e. The van der Waals surface area contributed by atoms with E-state index >= 15 is 0 Å². The predicted molar refractivity (Wildman–Crippen MR) is 53.1 cm³/mol. The van der Waals surface area contributed by atoms with E-state index in [9.17, 15) is 0 Å². The molecule has 0 aromatic heterocycles. The van der Waals surface area contributed by atoms with Gasteiger partial charge in [0, 0.05) is 6.42 Å². The van der Waals surface area contributed by atoms with Crippen molar-refractivity contribution in [1.82, 2.24) is 0 Å². The molecule has 0 aromatic rings. The fourth-order valence-electron chi connectivity index (χ4n) is 1.77. The summed E-state index contributed by atoms with van der Waals surface area (Å²) in [6.45, 7) is 4.85. The van der Waals surface area contributed by atoms with Crippen molar-refractivity contribution in [3.05, 3.63) is 11.6 Å². The maximum Gasteiger partial charge on any atom is 0.0793 e. The summed E-state index contributed by atoms with van der Waals surface area (Å²) in [4.78, 5) is 0. The first-order chi connectivity index (χ1) is 5.93. The number of hydrogen-bond acceptors (Lipinski definition) is 0. The van der Waals surface area contributed by atoms with Crippen LogP contribution in [0.15, 0.2) is 11.6 Å². The second-order valence-electron chi connectivity index (χ2n) is 3.72. The summed E-state index contributed by atoms with van der Waals surface area (Å²) < 4.78 is 0.